The van der Waals surface area contributed by atoms with Gasteiger partial charge in [-0.2, -0.15) is 0 Å². The molecule has 1 aromatic carbocycles. The highest BCUT2D eigenvalue weighted by Crippen LogP contribution is 2.26. The number of carboxylic acids is 1. The molecule has 2 rings (SSSR count). The summed E-state index contributed by atoms with van der Waals surface area (Å²) in [6.07, 6.45) is 0. The van der Waals surface area contributed by atoms with Gasteiger partial charge in [0.05, 0.1) is 13.2 Å². The van der Waals surface area contributed by atoms with Gasteiger partial charge < -0.3 is 9.84 Å². The van der Waals surface area contributed by atoms with Crippen molar-refractivity contribution in [1.82, 2.24) is 4.90 Å². The quantitative estimate of drug-likeness (QED) is 0.851. The molecule has 1 saturated heterocycles. The summed E-state index contributed by atoms with van der Waals surface area (Å²) in [6, 6.07) is -0.390. The normalized spacial score (nSPS) is 18.3. The van der Waals surface area contributed by atoms with E-state index in [1.54, 1.807) is 0 Å². The summed E-state index contributed by atoms with van der Waals surface area (Å²) in [4.78, 5) is 12.7. The van der Waals surface area contributed by atoms with Crippen LogP contribution in [0, 0.1) is 17.5 Å². The fraction of sp³-hybridized carbons (Fsp3) is 0.417. The zero-order chi connectivity index (χ0) is 14.0. The summed E-state index contributed by atoms with van der Waals surface area (Å²) in [5.74, 6) is -4.99. The molecule has 104 valence electrons. The topological polar surface area (TPSA) is 49.8 Å². The molecule has 0 spiro atoms. The number of benzene rings is 1. The number of hydrogen-bond donors (Lipinski definition) is 1. The summed E-state index contributed by atoms with van der Waals surface area (Å²) in [5.41, 5.74) is -0.381. The predicted octanol–water partition coefficient (Wildman–Crippen LogP) is 1.56. The summed E-state index contributed by atoms with van der Waals surface area (Å²) >= 11 is 0. The molecule has 0 saturated carbocycles. The zero-order valence-corrected chi connectivity index (χ0v) is 9.91. The van der Waals surface area contributed by atoms with Gasteiger partial charge in [-0.25, -0.2) is 13.2 Å². The summed E-state index contributed by atoms with van der Waals surface area (Å²) in [7, 11) is 0. The molecule has 19 heavy (non-hydrogen) atoms. The van der Waals surface area contributed by atoms with Gasteiger partial charge in [-0.1, -0.05) is 0 Å². The fourth-order valence-electron chi connectivity index (χ4n) is 2.07. The van der Waals surface area contributed by atoms with Crippen molar-refractivity contribution in [3.63, 3.8) is 0 Å². The monoisotopic (exact) mass is 275 g/mol. The van der Waals surface area contributed by atoms with Crippen LogP contribution in [0.2, 0.25) is 0 Å². The van der Waals surface area contributed by atoms with Crippen molar-refractivity contribution >= 4 is 5.97 Å². The van der Waals surface area contributed by atoms with Crippen LogP contribution in [-0.2, 0) is 9.53 Å². The van der Waals surface area contributed by atoms with Crippen LogP contribution >= 0.6 is 0 Å². The second-order valence-corrected chi connectivity index (χ2v) is 4.18. The van der Waals surface area contributed by atoms with Gasteiger partial charge in [0.1, 0.15) is 11.9 Å². The number of aliphatic carboxylic acids is 1. The van der Waals surface area contributed by atoms with Gasteiger partial charge >= 0.3 is 5.97 Å². The number of halogens is 3. The Bertz CT molecular complexity index is 489. The van der Waals surface area contributed by atoms with Crippen molar-refractivity contribution in [3.05, 3.63) is 35.1 Å². The van der Waals surface area contributed by atoms with E-state index in [0.29, 0.717) is 25.3 Å². The highest BCUT2D eigenvalue weighted by molar-refractivity contribution is 5.75. The average Bonchev–Trinajstić information content (AvgIpc) is 2.37. The van der Waals surface area contributed by atoms with Gasteiger partial charge in [-0.3, -0.25) is 9.69 Å². The number of carboxylic acid groups (broad SMARTS) is 1. The first-order valence-electron chi connectivity index (χ1n) is 5.69. The molecular formula is C12H12F3NO3. The Hall–Kier alpha value is -1.60. The van der Waals surface area contributed by atoms with E-state index >= 15 is 0 Å². The van der Waals surface area contributed by atoms with Gasteiger partial charge in [0.25, 0.3) is 0 Å². The minimum atomic E-state index is -1.35. The number of rotatable bonds is 3. The molecule has 1 fully saturated rings. The molecule has 1 aliphatic heterocycles. The first-order valence-corrected chi connectivity index (χ1v) is 5.69. The molecule has 1 N–H and O–H groups in total. The van der Waals surface area contributed by atoms with Gasteiger partial charge in [0, 0.05) is 24.7 Å². The SMILES string of the molecule is O=C(O)C(c1cc(F)c(F)cc1F)N1CCOCC1. The van der Waals surface area contributed by atoms with Gasteiger partial charge in [-0.05, 0) is 6.07 Å². The molecule has 1 aliphatic rings. The maximum atomic E-state index is 13.7. The number of nitrogens with zero attached hydrogens (tertiary/aromatic N) is 1. The van der Waals surface area contributed by atoms with Crippen LogP contribution in [-0.4, -0.2) is 42.3 Å². The lowest BCUT2D eigenvalue weighted by Gasteiger charge is -2.32. The lowest BCUT2D eigenvalue weighted by atomic mass is 10.0. The van der Waals surface area contributed by atoms with Crippen molar-refractivity contribution in [2.24, 2.45) is 0 Å². The van der Waals surface area contributed by atoms with E-state index < -0.39 is 29.5 Å². The van der Waals surface area contributed by atoms with E-state index in [4.69, 9.17) is 4.74 Å². The number of carbonyl (C=O) groups is 1. The summed E-state index contributed by atoms with van der Waals surface area (Å²) in [5, 5.41) is 9.20. The Kier molecular flexibility index (Phi) is 4.06. The van der Waals surface area contributed by atoms with Crippen molar-refractivity contribution in [1.29, 1.82) is 0 Å². The van der Waals surface area contributed by atoms with Crippen LogP contribution in [0.25, 0.3) is 0 Å². The maximum Gasteiger partial charge on any atom is 0.325 e. The van der Waals surface area contributed by atoms with E-state index in [1.807, 2.05) is 0 Å². The maximum absolute atomic E-state index is 13.7. The molecule has 7 heteroatoms. The van der Waals surface area contributed by atoms with Crippen LogP contribution in [0.4, 0.5) is 13.2 Å². The minimum Gasteiger partial charge on any atom is -0.480 e. The van der Waals surface area contributed by atoms with Crippen LogP contribution in [0.1, 0.15) is 11.6 Å². The van der Waals surface area contributed by atoms with Crippen molar-refractivity contribution < 1.29 is 27.8 Å². The molecule has 1 atom stereocenters. The summed E-state index contributed by atoms with van der Waals surface area (Å²) in [6.45, 7) is 1.20. The lowest BCUT2D eigenvalue weighted by molar-refractivity contribution is -0.145. The standard InChI is InChI=1S/C12H12F3NO3/c13-8-6-10(15)9(14)5-7(8)11(12(17)18)16-1-3-19-4-2-16/h5-6,11H,1-4H2,(H,17,18). The molecular weight excluding hydrogens is 263 g/mol. The van der Waals surface area contributed by atoms with Crippen LogP contribution < -0.4 is 0 Å². The van der Waals surface area contributed by atoms with Crippen LogP contribution in [0.5, 0.6) is 0 Å². The lowest BCUT2D eigenvalue weighted by Crippen LogP contribution is -2.42. The first-order chi connectivity index (χ1) is 9.00. The van der Waals surface area contributed by atoms with Gasteiger partial charge in [-0.15, -0.1) is 0 Å². The molecule has 0 aromatic heterocycles. The Balaban J connectivity index is 2.38. The Labute approximate surface area is 107 Å². The third-order valence-corrected chi connectivity index (χ3v) is 2.98. The van der Waals surface area contributed by atoms with Crippen molar-refractivity contribution in [2.45, 2.75) is 6.04 Å². The third kappa shape index (κ3) is 2.87. The fourth-order valence-corrected chi connectivity index (χ4v) is 2.07. The molecule has 0 amide bonds. The number of ether oxygens (including phenoxy) is 1. The molecule has 0 bridgehead atoms. The molecule has 1 unspecified atom stereocenters. The van der Waals surface area contributed by atoms with Crippen LogP contribution in [0.3, 0.4) is 0 Å². The minimum absolute atomic E-state index is 0.287. The average molecular weight is 275 g/mol. The van der Waals surface area contributed by atoms with E-state index in [0.717, 1.165) is 0 Å². The van der Waals surface area contributed by atoms with Gasteiger partial charge in [0.2, 0.25) is 0 Å². The predicted molar refractivity (Wildman–Crippen MR) is 59.1 cm³/mol. The molecule has 1 aromatic rings. The Morgan fingerprint density at radius 1 is 1.16 bits per heavy atom. The van der Waals surface area contributed by atoms with E-state index in [-0.39, 0.29) is 18.7 Å². The van der Waals surface area contributed by atoms with Crippen molar-refractivity contribution in [3.8, 4) is 0 Å². The number of hydrogen-bond acceptors (Lipinski definition) is 3. The highest BCUT2D eigenvalue weighted by atomic mass is 19.2. The molecule has 0 aliphatic carbocycles. The second kappa shape index (κ2) is 5.58. The van der Waals surface area contributed by atoms with E-state index in [2.05, 4.69) is 0 Å². The van der Waals surface area contributed by atoms with Crippen LogP contribution in [0.15, 0.2) is 12.1 Å². The number of morpholine rings is 1. The molecule has 1 heterocycles. The highest BCUT2D eigenvalue weighted by Gasteiger charge is 2.31. The van der Waals surface area contributed by atoms with Gasteiger partial charge in [0.15, 0.2) is 11.6 Å². The third-order valence-electron chi connectivity index (χ3n) is 2.98. The summed E-state index contributed by atoms with van der Waals surface area (Å²) < 4.78 is 44.8. The first kappa shape index (κ1) is 13.8. The second-order valence-electron chi connectivity index (χ2n) is 4.18. The Morgan fingerprint density at radius 2 is 1.74 bits per heavy atom. The zero-order valence-electron chi connectivity index (χ0n) is 9.91. The van der Waals surface area contributed by atoms with E-state index in [1.165, 1.54) is 4.90 Å². The largest absolute Gasteiger partial charge is 0.480 e. The van der Waals surface area contributed by atoms with Crippen molar-refractivity contribution in [2.75, 3.05) is 26.3 Å². The molecule has 0 radical (unpaired) electrons. The molecule has 4 nitrogen and oxygen atoms in total. The Morgan fingerprint density at radius 3 is 2.32 bits per heavy atom. The smallest absolute Gasteiger partial charge is 0.325 e. The van der Waals surface area contributed by atoms with E-state index in [9.17, 15) is 23.1 Å².